The number of hydrogen-bond acceptors (Lipinski definition) is 24. The number of fused-ring (bicyclic) bond motifs is 1. The largest absolute Gasteiger partial charge is 0.505 e. The van der Waals surface area contributed by atoms with Crippen LogP contribution in [-0.4, -0.2) is 139 Å². The molecule has 0 aromatic heterocycles. The topological polar surface area (TPSA) is 481 Å². The summed E-state index contributed by atoms with van der Waals surface area (Å²) in [6.07, 6.45) is -2.03. The fourth-order valence-electron chi connectivity index (χ4n) is 6.31. The number of carbonyl (C=O) groups is 2. The van der Waals surface area contributed by atoms with Gasteiger partial charge < -0.3 is 40.1 Å². The van der Waals surface area contributed by atoms with Crippen molar-refractivity contribution in [3.05, 3.63) is 78.4 Å². The highest BCUT2D eigenvalue weighted by Crippen LogP contribution is 2.47. The molecule has 1 aliphatic heterocycles. The summed E-state index contributed by atoms with van der Waals surface area (Å²) in [7, 11) is -20.6. The maximum atomic E-state index is 12.9. The van der Waals surface area contributed by atoms with Gasteiger partial charge in [0.1, 0.15) is 62.9 Å². The van der Waals surface area contributed by atoms with Gasteiger partial charge in [-0.2, -0.15) is 49.0 Å². The van der Waals surface area contributed by atoms with Crippen molar-refractivity contribution in [2.24, 2.45) is 35.8 Å². The van der Waals surface area contributed by atoms with E-state index in [9.17, 15) is 92.1 Å². The Bertz CT molecular complexity index is 3570. The highest BCUT2D eigenvalue weighted by molar-refractivity contribution is 7.87. The van der Waals surface area contributed by atoms with Gasteiger partial charge in [0.05, 0.1) is 34.3 Å². The molecule has 0 bridgehead atoms. The van der Waals surface area contributed by atoms with Crippen LogP contribution in [-0.2, 0) is 45.3 Å². The third kappa shape index (κ3) is 11.8. The van der Waals surface area contributed by atoms with Crippen LogP contribution in [0.25, 0.3) is 10.8 Å². The van der Waals surface area contributed by atoms with Gasteiger partial charge in [-0.05, 0) is 60.7 Å². The van der Waals surface area contributed by atoms with Gasteiger partial charge in [-0.3, -0.25) is 18.2 Å². The van der Waals surface area contributed by atoms with Crippen LogP contribution in [0.3, 0.4) is 0 Å². The molecule has 6 rings (SSSR count). The first-order chi connectivity index (χ1) is 33.1. The number of rotatable bonds is 19. The first-order valence-corrected chi connectivity index (χ1v) is 24.8. The summed E-state index contributed by atoms with van der Waals surface area (Å²) >= 11 is 0. The zero-order valence-electron chi connectivity index (χ0n) is 35.0. The minimum atomic E-state index is -5.57. The molecule has 5 aromatic carbocycles. The lowest BCUT2D eigenvalue weighted by molar-refractivity contribution is -0.129. The number of azo groups is 3. The molecule has 0 spiro atoms. The van der Waals surface area contributed by atoms with Gasteiger partial charge in [-0.15, -0.1) is 20.5 Å². The summed E-state index contributed by atoms with van der Waals surface area (Å²) in [5, 5.41) is 86.6. The number of aliphatic carboxylic acids is 1. The van der Waals surface area contributed by atoms with E-state index < -0.39 is 161 Å². The minimum absolute atomic E-state index is 0.126. The number of anilines is 1. The number of aliphatic hydroxyl groups excluding tert-OH is 3. The molecule has 0 fully saturated rings. The molecule has 10 N–H and O–H groups in total. The van der Waals surface area contributed by atoms with Gasteiger partial charge in [0, 0.05) is 22.9 Å². The average molecular weight is 1070 g/mol. The Hall–Kier alpha value is -7.51. The number of hydrogen-bond donors (Lipinski definition) is 10. The molecular formula is C37H32N8O22S4. The standard InChI is InChI=1S/C37H32N8O22S4/c46-9-11-66-27-16-26(28(67-12-10-47)15-25(27)40-38-23-7-5-19(69(57,58)59)13-22(23)36(50)51)41-42-30-29(70(60,61)62)14-21-20(33(30)48)6-8-24(34(21)71(63,64)65)39-43-31-32(37(52)53)44-45(35(31)49)17-1-3-18(4-2-17)68(54,55)56/h1-8,13-16,31,35,46-49H,9-12H2,(H,50,51)(H,52,53)(H,54,55,56)(H,57,58,59)(H,60,61,62)(H,63,64,65). The van der Waals surface area contributed by atoms with Gasteiger partial charge in [0.25, 0.3) is 40.5 Å². The number of carboxylic acid groups (broad SMARTS) is 2. The second-order valence-corrected chi connectivity index (χ2v) is 19.6. The number of benzene rings is 5. The predicted octanol–water partition coefficient (Wildman–Crippen LogP) is 3.53. The highest BCUT2D eigenvalue weighted by Gasteiger charge is 2.41. The molecular weight excluding hydrogens is 1040 g/mol. The molecule has 1 aliphatic rings. The normalized spacial score (nSPS) is 15.8. The van der Waals surface area contributed by atoms with Gasteiger partial charge in [-0.1, -0.05) is 0 Å². The molecule has 1 heterocycles. The van der Waals surface area contributed by atoms with E-state index in [1.54, 1.807) is 0 Å². The van der Waals surface area contributed by atoms with Gasteiger partial charge in [0.15, 0.2) is 23.7 Å². The number of aromatic hydroxyl groups is 1. The van der Waals surface area contributed by atoms with E-state index in [1.165, 1.54) is 0 Å². The van der Waals surface area contributed by atoms with Crippen molar-refractivity contribution >= 4 is 103 Å². The number of phenols is 1. The summed E-state index contributed by atoms with van der Waals surface area (Å²) in [5.41, 5.74) is -4.88. The lowest BCUT2D eigenvalue weighted by Crippen LogP contribution is -2.37. The molecule has 0 saturated carbocycles. The Labute approximate surface area is 397 Å². The van der Waals surface area contributed by atoms with E-state index in [0.717, 1.165) is 60.7 Å². The fraction of sp³-hybridized carbons (Fsp3) is 0.162. The van der Waals surface area contributed by atoms with Gasteiger partial charge in [0.2, 0.25) is 0 Å². The molecule has 34 heteroatoms. The second-order valence-electron chi connectivity index (χ2n) is 14.0. The summed E-state index contributed by atoms with van der Waals surface area (Å²) in [6, 6.07) is 8.33. The van der Waals surface area contributed by atoms with Crippen molar-refractivity contribution in [2.45, 2.75) is 31.9 Å². The molecule has 2 atom stereocenters. The number of ether oxygens (including phenoxy) is 2. The van der Waals surface area contributed by atoms with E-state index in [1.807, 2.05) is 0 Å². The maximum absolute atomic E-state index is 12.9. The zero-order valence-corrected chi connectivity index (χ0v) is 38.3. The summed E-state index contributed by atoms with van der Waals surface area (Å²) in [4.78, 5) is 20.0. The van der Waals surface area contributed by atoms with Crippen molar-refractivity contribution in [3.63, 3.8) is 0 Å². The van der Waals surface area contributed by atoms with E-state index in [0.29, 0.717) is 17.1 Å². The summed E-state index contributed by atoms with van der Waals surface area (Å²) < 4.78 is 148. The molecule has 2 unspecified atom stereocenters. The third-order valence-corrected chi connectivity index (χ3v) is 12.9. The van der Waals surface area contributed by atoms with E-state index >= 15 is 0 Å². The number of nitrogens with zero attached hydrogens (tertiary/aromatic N) is 8. The number of hydrazone groups is 1. The number of carboxylic acids is 2. The predicted molar refractivity (Wildman–Crippen MR) is 237 cm³/mol. The Morgan fingerprint density at radius 2 is 1.14 bits per heavy atom. The van der Waals surface area contributed by atoms with E-state index in [4.69, 9.17) is 9.47 Å². The SMILES string of the molecule is O=C(O)C1=NN(c2ccc(S(=O)(=O)O)cc2)C(O)C1N=Nc1ccc2c(O)c(N=Nc3cc(OCCO)c(N=Nc4ccc(S(=O)(=O)O)cc4C(=O)O)cc3OCCO)c(S(=O)(=O)O)cc2c1S(=O)(=O)O. The van der Waals surface area contributed by atoms with Crippen molar-refractivity contribution < 1.29 is 102 Å². The maximum Gasteiger partial charge on any atom is 0.354 e. The summed E-state index contributed by atoms with van der Waals surface area (Å²) in [6.45, 7) is -2.15. The molecule has 0 saturated heterocycles. The van der Waals surface area contributed by atoms with Crippen molar-refractivity contribution in [1.29, 1.82) is 0 Å². The average Bonchev–Trinajstić information content (AvgIpc) is 3.62. The molecule has 30 nitrogen and oxygen atoms in total. The summed E-state index contributed by atoms with van der Waals surface area (Å²) in [5.74, 6) is -5.37. The number of aromatic carboxylic acids is 1. The molecule has 71 heavy (non-hydrogen) atoms. The van der Waals surface area contributed by atoms with Crippen LogP contribution in [0.15, 0.2) is 128 Å². The first-order valence-electron chi connectivity index (χ1n) is 19.0. The van der Waals surface area contributed by atoms with E-state index in [2.05, 4.69) is 35.8 Å². The van der Waals surface area contributed by atoms with Gasteiger partial charge >= 0.3 is 11.9 Å². The molecule has 0 amide bonds. The van der Waals surface area contributed by atoms with Crippen LogP contribution in [0.1, 0.15) is 10.4 Å². The van der Waals surface area contributed by atoms with Crippen molar-refractivity contribution in [2.75, 3.05) is 31.4 Å². The van der Waals surface area contributed by atoms with Crippen LogP contribution in [0.2, 0.25) is 0 Å². The number of aliphatic hydroxyl groups is 3. The van der Waals surface area contributed by atoms with Crippen LogP contribution in [0, 0.1) is 0 Å². The lowest BCUT2D eigenvalue weighted by atomic mass is 10.1. The minimum Gasteiger partial charge on any atom is -0.505 e. The molecule has 5 aromatic rings. The molecule has 0 aliphatic carbocycles. The second kappa shape index (κ2) is 20.4. The first kappa shape index (κ1) is 52.9. The Balaban J connectivity index is 1.45. The van der Waals surface area contributed by atoms with Crippen LogP contribution >= 0.6 is 0 Å². The molecule has 376 valence electrons. The highest BCUT2D eigenvalue weighted by atomic mass is 32.2. The Morgan fingerprint density at radius 3 is 1.65 bits per heavy atom. The van der Waals surface area contributed by atoms with Crippen LogP contribution in [0.5, 0.6) is 17.2 Å². The smallest absolute Gasteiger partial charge is 0.354 e. The van der Waals surface area contributed by atoms with Crippen LogP contribution in [0.4, 0.5) is 34.1 Å². The Morgan fingerprint density at radius 1 is 0.606 bits per heavy atom. The fourth-order valence-corrected chi connectivity index (χ4v) is 8.76. The van der Waals surface area contributed by atoms with Crippen molar-refractivity contribution in [1.82, 2.24) is 0 Å². The van der Waals surface area contributed by atoms with Crippen LogP contribution < -0.4 is 14.5 Å². The Kier molecular flexibility index (Phi) is 15.2. The monoisotopic (exact) mass is 1070 g/mol. The molecule has 0 radical (unpaired) electrons. The van der Waals surface area contributed by atoms with Gasteiger partial charge in [-0.25, -0.2) is 14.6 Å². The third-order valence-electron chi connectivity index (χ3n) is 9.39. The lowest BCUT2D eigenvalue weighted by Gasteiger charge is -2.20. The number of phenolic OH excluding ortho intramolecular Hbond substituents is 1. The van der Waals surface area contributed by atoms with E-state index in [-0.39, 0.29) is 22.9 Å². The van der Waals surface area contributed by atoms with Crippen molar-refractivity contribution in [3.8, 4) is 17.2 Å². The zero-order chi connectivity index (χ0) is 52.4. The quantitative estimate of drug-likeness (QED) is 0.0417.